The molecular formula is C23H21F3N4O3. The molecule has 3 heterocycles. The van der Waals surface area contributed by atoms with Crippen LogP contribution in [0.5, 0.6) is 11.5 Å². The first kappa shape index (κ1) is 21.2. The predicted molar refractivity (Wildman–Crippen MR) is 115 cm³/mol. The van der Waals surface area contributed by atoms with Crippen molar-refractivity contribution in [3.8, 4) is 11.5 Å². The molecule has 2 aromatic carbocycles. The standard InChI is InChI=1S/C23H21F3N4O3/c1-12-3-5-15(13(2)7-12)28-22(31)17-10-21-27-16(9-20(23(24,25)26)30(21)29-17)14-4-6-18-19(8-14)33-11-32-18/h3-8,10,16,20,27H,9,11H2,1-2H3,(H,28,31)/t16-,20-/m1/s1. The Morgan fingerprint density at radius 1 is 1.12 bits per heavy atom. The predicted octanol–water partition coefficient (Wildman–Crippen LogP) is 5.14. The van der Waals surface area contributed by atoms with Gasteiger partial charge >= 0.3 is 6.18 Å². The van der Waals surface area contributed by atoms with Gasteiger partial charge in [0.2, 0.25) is 6.79 Å². The molecule has 0 bridgehead atoms. The fraction of sp³-hybridized carbons (Fsp3) is 0.304. The molecule has 0 saturated carbocycles. The number of carbonyl (C=O) groups is 1. The van der Waals surface area contributed by atoms with Crippen molar-refractivity contribution in [3.63, 3.8) is 0 Å². The van der Waals surface area contributed by atoms with E-state index in [-0.39, 0.29) is 24.7 Å². The highest BCUT2D eigenvalue weighted by Crippen LogP contribution is 2.45. The third-order valence-corrected chi connectivity index (χ3v) is 5.85. The number of hydrogen-bond acceptors (Lipinski definition) is 5. The van der Waals surface area contributed by atoms with Crippen LogP contribution in [0.3, 0.4) is 0 Å². The molecule has 3 aromatic rings. The summed E-state index contributed by atoms with van der Waals surface area (Å²) in [6.45, 7) is 3.85. The number of rotatable bonds is 3. The van der Waals surface area contributed by atoms with E-state index in [1.54, 1.807) is 24.3 Å². The Morgan fingerprint density at radius 3 is 2.67 bits per heavy atom. The molecule has 2 N–H and O–H groups in total. The number of alkyl halides is 3. The highest BCUT2D eigenvalue weighted by Gasteiger charge is 2.47. The van der Waals surface area contributed by atoms with Crippen LogP contribution in [0.4, 0.5) is 24.7 Å². The van der Waals surface area contributed by atoms with Gasteiger partial charge < -0.3 is 20.1 Å². The second-order valence-corrected chi connectivity index (χ2v) is 8.23. The molecular weight excluding hydrogens is 437 g/mol. The van der Waals surface area contributed by atoms with Crippen LogP contribution in [0.1, 0.15) is 45.7 Å². The van der Waals surface area contributed by atoms with Crippen molar-refractivity contribution in [1.82, 2.24) is 9.78 Å². The van der Waals surface area contributed by atoms with Crippen LogP contribution in [0.15, 0.2) is 42.5 Å². The van der Waals surface area contributed by atoms with Gasteiger partial charge in [-0.1, -0.05) is 23.8 Å². The Labute approximate surface area is 187 Å². The van der Waals surface area contributed by atoms with E-state index in [2.05, 4.69) is 15.7 Å². The summed E-state index contributed by atoms with van der Waals surface area (Å²) in [5, 5.41) is 9.83. The van der Waals surface area contributed by atoms with E-state index in [9.17, 15) is 18.0 Å². The SMILES string of the molecule is Cc1ccc(NC(=O)c2cc3n(n2)[C@@H](C(F)(F)F)C[C@H](c2ccc4c(c2)OCO4)N3)c(C)c1. The van der Waals surface area contributed by atoms with Crippen LogP contribution < -0.4 is 20.1 Å². The monoisotopic (exact) mass is 458 g/mol. The lowest BCUT2D eigenvalue weighted by Crippen LogP contribution is -2.35. The smallest absolute Gasteiger partial charge is 0.410 e. The normalized spacial score (nSPS) is 19.1. The first-order valence-corrected chi connectivity index (χ1v) is 10.4. The van der Waals surface area contributed by atoms with Crippen LogP contribution in [0.2, 0.25) is 0 Å². The molecule has 1 aromatic heterocycles. The minimum Gasteiger partial charge on any atom is -0.454 e. The number of fused-ring (bicyclic) bond motifs is 2. The molecule has 1 amide bonds. The Morgan fingerprint density at radius 2 is 1.91 bits per heavy atom. The van der Waals surface area contributed by atoms with Gasteiger partial charge in [0.15, 0.2) is 23.2 Å². The number of ether oxygens (including phenoxy) is 2. The van der Waals surface area contributed by atoms with Gasteiger partial charge in [-0.05, 0) is 43.2 Å². The van der Waals surface area contributed by atoms with Crippen LogP contribution in [0.25, 0.3) is 0 Å². The first-order valence-electron chi connectivity index (χ1n) is 10.4. The average Bonchev–Trinajstić information content (AvgIpc) is 3.40. The summed E-state index contributed by atoms with van der Waals surface area (Å²) < 4.78 is 53.3. The Kier molecular flexibility index (Phi) is 4.95. The number of aryl methyl sites for hydroxylation is 2. The maximum Gasteiger partial charge on any atom is 0.410 e. The van der Waals surface area contributed by atoms with Crippen LogP contribution in [-0.4, -0.2) is 28.7 Å². The molecule has 5 rings (SSSR count). The van der Waals surface area contributed by atoms with E-state index < -0.39 is 24.2 Å². The van der Waals surface area contributed by atoms with Gasteiger partial charge in [0.05, 0.1) is 6.04 Å². The van der Waals surface area contributed by atoms with Crippen LogP contribution in [-0.2, 0) is 0 Å². The Balaban J connectivity index is 1.45. The van der Waals surface area contributed by atoms with E-state index in [1.807, 2.05) is 26.0 Å². The fourth-order valence-corrected chi connectivity index (χ4v) is 4.17. The molecule has 0 aliphatic carbocycles. The number of nitrogens with one attached hydrogen (secondary N) is 2. The summed E-state index contributed by atoms with van der Waals surface area (Å²) in [4.78, 5) is 12.8. The summed E-state index contributed by atoms with van der Waals surface area (Å²) in [7, 11) is 0. The van der Waals surface area contributed by atoms with E-state index in [0.717, 1.165) is 15.8 Å². The summed E-state index contributed by atoms with van der Waals surface area (Å²) in [6, 6.07) is 9.38. The lowest BCUT2D eigenvalue weighted by atomic mass is 9.96. The number of amides is 1. The highest BCUT2D eigenvalue weighted by atomic mass is 19.4. The molecule has 7 nitrogen and oxygen atoms in total. The van der Waals surface area contributed by atoms with Gasteiger partial charge in [-0.2, -0.15) is 18.3 Å². The van der Waals surface area contributed by atoms with Crippen molar-refractivity contribution < 1.29 is 27.4 Å². The van der Waals surface area contributed by atoms with E-state index in [1.165, 1.54) is 6.07 Å². The van der Waals surface area contributed by atoms with Gasteiger partial charge in [-0.25, -0.2) is 4.68 Å². The summed E-state index contributed by atoms with van der Waals surface area (Å²) in [5.74, 6) is 0.589. The molecule has 172 valence electrons. The highest BCUT2D eigenvalue weighted by molar-refractivity contribution is 6.03. The summed E-state index contributed by atoms with van der Waals surface area (Å²) >= 11 is 0. The maximum atomic E-state index is 13.9. The Hall–Kier alpha value is -3.69. The average molecular weight is 458 g/mol. The molecule has 2 aliphatic rings. The van der Waals surface area contributed by atoms with Crippen molar-refractivity contribution in [2.24, 2.45) is 0 Å². The molecule has 0 saturated heterocycles. The molecule has 10 heteroatoms. The summed E-state index contributed by atoms with van der Waals surface area (Å²) in [6.07, 6.45) is -4.82. The minimum atomic E-state index is -4.54. The van der Waals surface area contributed by atoms with E-state index in [4.69, 9.17) is 9.47 Å². The van der Waals surface area contributed by atoms with E-state index in [0.29, 0.717) is 22.7 Å². The zero-order valence-corrected chi connectivity index (χ0v) is 17.9. The van der Waals surface area contributed by atoms with Gasteiger partial charge in [0, 0.05) is 18.2 Å². The van der Waals surface area contributed by atoms with Crippen molar-refractivity contribution in [1.29, 1.82) is 0 Å². The number of carbonyl (C=O) groups excluding carboxylic acids is 1. The third kappa shape index (κ3) is 3.96. The van der Waals surface area contributed by atoms with Crippen molar-refractivity contribution in [2.75, 3.05) is 17.4 Å². The molecule has 0 radical (unpaired) electrons. The quantitative estimate of drug-likeness (QED) is 0.568. The van der Waals surface area contributed by atoms with Gasteiger partial charge in [-0.3, -0.25) is 4.79 Å². The van der Waals surface area contributed by atoms with Gasteiger partial charge in [-0.15, -0.1) is 0 Å². The second-order valence-electron chi connectivity index (χ2n) is 8.23. The molecule has 33 heavy (non-hydrogen) atoms. The molecule has 0 unspecified atom stereocenters. The number of hydrogen-bond donors (Lipinski definition) is 2. The number of benzene rings is 2. The van der Waals surface area contributed by atoms with Gasteiger partial charge in [0.25, 0.3) is 5.91 Å². The number of halogens is 3. The van der Waals surface area contributed by atoms with Gasteiger partial charge in [0.1, 0.15) is 5.82 Å². The van der Waals surface area contributed by atoms with E-state index >= 15 is 0 Å². The topological polar surface area (TPSA) is 77.4 Å². The Bertz CT molecular complexity index is 1240. The second kappa shape index (κ2) is 7.72. The minimum absolute atomic E-state index is 0.0771. The molecule has 0 spiro atoms. The zero-order valence-electron chi connectivity index (χ0n) is 17.9. The largest absolute Gasteiger partial charge is 0.454 e. The maximum absolute atomic E-state index is 13.9. The number of nitrogens with zero attached hydrogens (tertiary/aromatic N) is 2. The van der Waals surface area contributed by atoms with Crippen LogP contribution >= 0.6 is 0 Å². The summed E-state index contributed by atoms with van der Waals surface area (Å²) in [5.41, 5.74) is 2.99. The third-order valence-electron chi connectivity index (χ3n) is 5.85. The lowest BCUT2D eigenvalue weighted by Gasteiger charge is -2.33. The number of aromatic nitrogens is 2. The fourth-order valence-electron chi connectivity index (χ4n) is 4.17. The lowest BCUT2D eigenvalue weighted by molar-refractivity contribution is -0.173. The molecule has 0 fully saturated rings. The van der Waals surface area contributed by atoms with Crippen molar-refractivity contribution >= 4 is 17.4 Å². The van der Waals surface area contributed by atoms with Crippen molar-refractivity contribution in [3.05, 3.63) is 64.8 Å². The zero-order chi connectivity index (χ0) is 23.3. The molecule has 2 aliphatic heterocycles. The first-order chi connectivity index (χ1) is 15.7. The molecule has 2 atom stereocenters. The van der Waals surface area contributed by atoms with Crippen LogP contribution in [0, 0.1) is 13.8 Å². The van der Waals surface area contributed by atoms with Crippen molar-refractivity contribution in [2.45, 2.75) is 38.5 Å². The number of anilines is 2.